The first-order valence-electron chi connectivity index (χ1n) is 19.6. The Balaban J connectivity index is 0.794. The van der Waals surface area contributed by atoms with Crippen molar-refractivity contribution in [1.82, 2.24) is 30.2 Å². The lowest BCUT2D eigenvalue weighted by atomic mass is 9.98. The standard InChI is InChI=1S/C43H44N6O6S2/c50-34-13-11-30(31-12-14-39(52)45-40(31)34)35(51)25-44-24-27-22-33-41(32-8-3-7-29(27)32)49(47-46-33)18-5-17-48-19-15-28(16-20-48)55-42(53)43(54,37-10-4-21-56-37)38-23-26-6-1-2-9-36(26)57-38/h1-2,4,6,9-14,21-23,28,35,44,50-51,54H,3,5,7-8,15-20,24-25H2,(H,45,52)/t35-,43-/m0/s1. The fourth-order valence-corrected chi connectivity index (χ4v) is 10.6. The van der Waals surface area contributed by atoms with E-state index < -0.39 is 17.7 Å². The van der Waals surface area contributed by atoms with Gasteiger partial charge in [-0.3, -0.25) is 4.79 Å². The Hall–Kier alpha value is -4.96. The number of phenolic OH excluding ortho intramolecular Hbond substituents is 1. The summed E-state index contributed by atoms with van der Waals surface area (Å²) in [4.78, 5) is 31.8. The van der Waals surface area contributed by atoms with E-state index in [1.54, 1.807) is 18.2 Å². The number of aromatic hydroxyl groups is 1. The molecule has 5 heterocycles. The van der Waals surface area contributed by atoms with Gasteiger partial charge in [0.25, 0.3) is 0 Å². The van der Waals surface area contributed by atoms with Gasteiger partial charge in [-0.2, -0.15) is 0 Å². The van der Waals surface area contributed by atoms with Gasteiger partial charge in [-0.25, -0.2) is 9.48 Å². The highest BCUT2D eigenvalue weighted by molar-refractivity contribution is 7.19. The molecule has 4 aromatic heterocycles. The molecule has 9 rings (SSSR count). The largest absolute Gasteiger partial charge is 0.506 e. The van der Waals surface area contributed by atoms with Crippen molar-refractivity contribution in [2.24, 2.45) is 0 Å². The van der Waals surface area contributed by atoms with E-state index in [0.717, 1.165) is 78.5 Å². The number of aliphatic hydroxyl groups is 2. The van der Waals surface area contributed by atoms with E-state index in [1.807, 2.05) is 41.8 Å². The van der Waals surface area contributed by atoms with Crippen LogP contribution in [0.5, 0.6) is 5.75 Å². The van der Waals surface area contributed by atoms with Crippen LogP contribution in [-0.2, 0) is 41.1 Å². The first-order chi connectivity index (χ1) is 27.8. The summed E-state index contributed by atoms with van der Waals surface area (Å²) in [6, 6.07) is 21.8. The summed E-state index contributed by atoms with van der Waals surface area (Å²) in [5.74, 6) is -0.646. The van der Waals surface area contributed by atoms with Gasteiger partial charge in [0.2, 0.25) is 11.2 Å². The number of carbonyl (C=O) groups is 1. The number of hydrogen-bond acceptors (Lipinski definition) is 12. The maximum Gasteiger partial charge on any atom is 0.349 e. The molecular weight excluding hydrogens is 761 g/mol. The molecule has 1 aliphatic heterocycles. The summed E-state index contributed by atoms with van der Waals surface area (Å²) in [7, 11) is 0. The minimum absolute atomic E-state index is 0.0342. The number of hydrogen-bond donors (Lipinski definition) is 5. The van der Waals surface area contributed by atoms with Crippen molar-refractivity contribution in [3.63, 3.8) is 0 Å². The fourth-order valence-electron chi connectivity index (χ4n) is 8.56. The van der Waals surface area contributed by atoms with Crippen LogP contribution < -0.4 is 10.9 Å². The minimum atomic E-state index is -1.84. The second-order valence-corrected chi connectivity index (χ2v) is 17.1. The van der Waals surface area contributed by atoms with Crippen LogP contribution in [0.2, 0.25) is 0 Å². The highest BCUT2D eigenvalue weighted by Crippen LogP contribution is 2.41. The van der Waals surface area contributed by atoms with Gasteiger partial charge in [0.1, 0.15) is 17.4 Å². The van der Waals surface area contributed by atoms with Crippen molar-refractivity contribution in [1.29, 1.82) is 0 Å². The zero-order chi connectivity index (χ0) is 39.1. The number of H-pyrrole nitrogens is 1. The van der Waals surface area contributed by atoms with Crippen LogP contribution in [0.1, 0.15) is 63.8 Å². The molecule has 0 spiro atoms. The molecule has 0 radical (unpaired) electrons. The van der Waals surface area contributed by atoms with Crippen molar-refractivity contribution in [3.8, 4) is 5.75 Å². The van der Waals surface area contributed by atoms with Crippen molar-refractivity contribution in [2.45, 2.75) is 69.4 Å². The molecule has 3 aromatic carbocycles. The Labute approximate surface area is 336 Å². The Bertz CT molecular complexity index is 2600. The second kappa shape index (κ2) is 15.8. The molecule has 0 saturated carbocycles. The van der Waals surface area contributed by atoms with Crippen molar-refractivity contribution in [3.05, 3.63) is 121 Å². The minimum Gasteiger partial charge on any atom is -0.506 e. The molecule has 0 bridgehead atoms. The summed E-state index contributed by atoms with van der Waals surface area (Å²) in [6.45, 7) is 4.11. The number of nitrogens with one attached hydrogen (secondary N) is 2. The van der Waals surface area contributed by atoms with Crippen LogP contribution in [-0.4, -0.2) is 78.4 Å². The van der Waals surface area contributed by atoms with Crippen molar-refractivity contribution >= 4 is 60.7 Å². The SMILES string of the molecule is O=C(OC1CCN(CCCn2nnc3cc(CNC[C@H](O)c4ccc(O)c5[nH]c(=O)ccc45)c4c(c32)CCC4)CC1)[C@](O)(c1cccs1)c1cc2ccccc2s1. The lowest BCUT2D eigenvalue weighted by molar-refractivity contribution is -0.169. The molecule has 1 fully saturated rings. The van der Waals surface area contributed by atoms with E-state index in [4.69, 9.17) is 4.74 Å². The fraction of sp³-hybridized carbons (Fsp3) is 0.349. The molecule has 14 heteroatoms. The highest BCUT2D eigenvalue weighted by atomic mass is 32.1. The van der Waals surface area contributed by atoms with Crippen LogP contribution in [0.4, 0.5) is 0 Å². The molecule has 2 atom stereocenters. The molecule has 1 aliphatic carbocycles. The van der Waals surface area contributed by atoms with Crippen LogP contribution in [0, 0.1) is 0 Å². The van der Waals surface area contributed by atoms with E-state index in [2.05, 4.69) is 36.3 Å². The molecule has 7 aromatic rings. The summed E-state index contributed by atoms with van der Waals surface area (Å²) < 4.78 is 9.13. The number of rotatable bonds is 13. The molecule has 5 N–H and O–H groups in total. The third-order valence-corrected chi connectivity index (χ3v) is 13.7. The number of thiophene rings is 2. The van der Waals surface area contributed by atoms with E-state index in [1.165, 1.54) is 45.9 Å². The van der Waals surface area contributed by atoms with Gasteiger partial charge >= 0.3 is 5.97 Å². The molecular formula is C43H44N6O6S2. The number of aliphatic hydroxyl groups excluding tert-OH is 1. The molecule has 12 nitrogen and oxygen atoms in total. The lowest BCUT2D eigenvalue weighted by Gasteiger charge is -2.33. The second-order valence-electron chi connectivity index (χ2n) is 15.1. The maximum absolute atomic E-state index is 13.8. The number of carbonyl (C=O) groups excluding carboxylic acids is 1. The highest BCUT2D eigenvalue weighted by Gasteiger charge is 2.45. The number of piperidine rings is 1. The molecule has 2 aliphatic rings. The smallest absolute Gasteiger partial charge is 0.349 e. The number of pyridine rings is 1. The van der Waals surface area contributed by atoms with E-state index in [0.29, 0.717) is 52.2 Å². The predicted octanol–water partition coefficient (Wildman–Crippen LogP) is 5.90. The van der Waals surface area contributed by atoms with E-state index in [9.17, 15) is 24.9 Å². The Kier molecular flexibility index (Phi) is 10.4. The predicted molar refractivity (Wildman–Crippen MR) is 222 cm³/mol. The summed E-state index contributed by atoms with van der Waals surface area (Å²) in [5, 5.41) is 49.3. The van der Waals surface area contributed by atoms with Crippen LogP contribution in [0.25, 0.3) is 32.0 Å². The lowest BCUT2D eigenvalue weighted by Crippen LogP contribution is -2.43. The first kappa shape index (κ1) is 37.6. The Morgan fingerprint density at radius 2 is 1.86 bits per heavy atom. The molecule has 0 amide bonds. The number of aromatic amines is 1. The van der Waals surface area contributed by atoms with Gasteiger partial charge in [0.15, 0.2) is 0 Å². The molecule has 57 heavy (non-hydrogen) atoms. The number of nitrogens with zero attached hydrogens (tertiary/aromatic N) is 4. The van der Waals surface area contributed by atoms with Gasteiger partial charge in [-0.05, 0) is 114 Å². The third kappa shape index (κ3) is 7.26. The van der Waals surface area contributed by atoms with E-state index >= 15 is 0 Å². The number of ether oxygens (including phenoxy) is 1. The first-order valence-corrected chi connectivity index (χ1v) is 21.2. The Morgan fingerprint density at radius 1 is 1.02 bits per heavy atom. The molecule has 1 saturated heterocycles. The van der Waals surface area contributed by atoms with Gasteiger partial charge in [-0.1, -0.05) is 35.5 Å². The van der Waals surface area contributed by atoms with Crippen LogP contribution >= 0.6 is 22.7 Å². The normalized spacial score (nSPS) is 16.7. The number of likely N-dealkylation sites (tertiary alicyclic amines) is 1. The van der Waals surface area contributed by atoms with Crippen LogP contribution in [0.15, 0.2) is 83.0 Å². The Morgan fingerprint density at radius 3 is 2.68 bits per heavy atom. The summed E-state index contributed by atoms with van der Waals surface area (Å²) >= 11 is 2.78. The molecule has 0 unspecified atom stereocenters. The molecule has 294 valence electrons. The van der Waals surface area contributed by atoms with Crippen molar-refractivity contribution in [2.75, 3.05) is 26.2 Å². The maximum atomic E-state index is 13.8. The number of phenols is 1. The van der Waals surface area contributed by atoms with Crippen molar-refractivity contribution < 1.29 is 24.9 Å². The topological polar surface area (TPSA) is 166 Å². The number of aromatic nitrogens is 4. The van der Waals surface area contributed by atoms with Gasteiger partial charge in [0, 0.05) is 48.9 Å². The number of esters is 1. The zero-order valence-corrected chi connectivity index (χ0v) is 33.0. The number of benzene rings is 3. The van der Waals surface area contributed by atoms with Gasteiger partial charge < -0.3 is 35.3 Å². The number of fused-ring (bicyclic) bond motifs is 5. The average Bonchev–Trinajstić information content (AvgIpc) is 4.06. The van der Waals surface area contributed by atoms with Gasteiger partial charge in [-0.15, -0.1) is 27.8 Å². The summed E-state index contributed by atoms with van der Waals surface area (Å²) in [5.41, 5.74) is 4.58. The number of aryl methyl sites for hydroxylation is 2. The van der Waals surface area contributed by atoms with E-state index in [-0.39, 0.29) is 17.4 Å². The quantitative estimate of drug-likeness (QED) is 0.0887. The van der Waals surface area contributed by atoms with Crippen LogP contribution in [0.3, 0.4) is 0 Å². The summed E-state index contributed by atoms with van der Waals surface area (Å²) in [6.07, 6.45) is 4.25. The monoisotopic (exact) mass is 804 g/mol. The average molecular weight is 805 g/mol. The third-order valence-electron chi connectivity index (χ3n) is 11.5. The van der Waals surface area contributed by atoms with Gasteiger partial charge in [0.05, 0.1) is 26.9 Å². The zero-order valence-electron chi connectivity index (χ0n) is 31.3.